The van der Waals surface area contributed by atoms with Crippen LogP contribution in [0.4, 0.5) is 0 Å². The van der Waals surface area contributed by atoms with Crippen molar-refractivity contribution in [3.05, 3.63) is 72.9 Å². The van der Waals surface area contributed by atoms with Gasteiger partial charge >= 0.3 is 5.97 Å². The van der Waals surface area contributed by atoms with Gasteiger partial charge in [0, 0.05) is 12.8 Å². The molecule has 0 aromatic rings. The number of allylic oxidation sites excluding steroid dienone is 11. The Kier molecular flexibility index (Phi) is 46.9. The highest BCUT2D eigenvalue weighted by Crippen LogP contribution is 2.23. The first-order valence-electron chi connectivity index (χ1n) is 29.2. The Labute approximate surface area is 439 Å². The SMILES string of the molecule is CCCCC/C=C\CCCCCCCC(=O)OCCCCC/C=C\C/C=C\CCCCCCCCCC(=O)NC(COC1OC(CO)C(O)C(O)C1O)C(O)/C=C/CC/C=C/CC/C=C/CCCCCCC. The Balaban J connectivity index is 2.19. The largest absolute Gasteiger partial charge is 0.466 e. The molecule has 1 aliphatic rings. The lowest BCUT2D eigenvalue weighted by molar-refractivity contribution is -0.302. The third-order valence-corrected chi connectivity index (χ3v) is 13.2. The molecule has 11 heteroatoms. The standard InChI is InChI=1S/C61H107NO10/c1-3-5-7-9-11-13-15-17-21-24-27-31-35-39-43-47-54(64)53(52-71-61-60(69)59(68)58(67)55(51-63)72-61)62-56(65)48-44-40-36-32-28-25-22-19-18-20-23-26-30-34-38-42-46-50-70-57(66)49-45-41-37-33-29-16-14-12-10-8-6-4-2/h12,14-15,17-18,20,26-27,30-31,43,47,53-55,58-61,63-64,67-69H,3-11,13,16,19,21-25,28-29,32-42,44-46,48-52H2,1-2H3,(H,62,65)/b14-12-,17-15+,20-18-,30-26-,31-27+,47-43+. The van der Waals surface area contributed by atoms with Crippen LogP contribution in [0.15, 0.2) is 72.9 Å². The Morgan fingerprint density at radius 2 is 0.944 bits per heavy atom. The molecule has 0 radical (unpaired) electrons. The normalized spacial score (nSPS) is 19.6. The molecule has 416 valence electrons. The smallest absolute Gasteiger partial charge is 0.305 e. The fraction of sp³-hybridized carbons (Fsp3) is 0.770. The minimum atomic E-state index is -1.59. The molecule has 6 N–H and O–H groups in total. The highest BCUT2D eigenvalue weighted by Gasteiger charge is 2.44. The van der Waals surface area contributed by atoms with Crippen molar-refractivity contribution in [2.45, 2.75) is 281 Å². The highest BCUT2D eigenvalue weighted by molar-refractivity contribution is 5.76. The van der Waals surface area contributed by atoms with E-state index in [1.54, 1.807) is 6.08 Å². The highest BCUT2D eigenvalue weighted by atomic mass is 16.7. The molecule has 0 bridgehead atoms. The van der Waals surface area contributed by atoms with E-state index in [1.165, 1.54) is 103 Å². The Morgan fingerprint density at radius 3 is 1.49 bits per heavy atom. The second-order valence-electron chi connectivity index (χ2n) is 20.0. The van der Waals surface area contributed by atoms with Gasteiger partial charge in [0.1, 0.15) is 24.4 Å². The van der Waals surface area contributed by atoms with E-state index in [2.05, 4.69) is 79.9 Å². The summed E-state index contributed by atoms with van der Waals surface area (Å²) in [6.07, 6.45) is 55.5. The molecule has 1 rings (SSSR count). The van der Waals surface area contributed by atoms with E-state index in [1.807, 2.05) is 6.08 Å². The number of unbranched alkanes of at least 4 members (excludes halogenated alkanes) is 25. The van der Waals surface area contributed by atoms with Gasteiger partial charge in [0.15, 0.2) is 6.29 Å². The molecule has 0 aromatic heterocycles. The number of ether oxygens (including phenoxy) is 3. The van der Waals surface area contributed by atoms with Crippen LogP contribution < -0.4 is 5.32 Å². The maximum Gasteiger partial charge on any atom is 0.305 e. The number of aliphatic hydroxyl groups is 5. The van der Waals surface area contributed by atoms with Gasteiger partial charge in [-0.25, -0.2) is 0 Å². The average Bonchev–Trinajstić information content (AvgIpc) is 3.38. The summed E-state index contributed by atoms with van der Waals surface area (Å²) < 4.78 is 16.6. The number of aliphatic hydroxyl groups excluding tert-OH is 5. The molecule has 7 unspecified atom stereocenters. The second-order valence-corrected chi connectivity index (χ2v) is 20.0. The molecule has 1 amide bonds. The van der Waals surface area contributed by atoms with E-state index in [0.29, 0.717) is 25.9 Å². The summed E-state index contributed by atoms with van der Waals surface area (Å²) in [5, 5.41) is 54.4. The van der Waals surface area contributed by atoms with Crippen LogP contribution in [0, 0.1) is 0 Å². The Morgan fingerprint density at radius 1 is 0.514 bits per heavy atom. The Bertz CT molecular complexity index is 1430. The van der Waals surface area contributed by atoms with Gasteiger partial charge in [-0.2, -0.15) is 0 Å². The number of hydrogen-bond acceptors (Lipinski definition) is 10. The number of nitrogens with one attached hydrogen (secondary N) is 1. The van der Waals surface area contributed by atoms with Gasteiger partial charge in [-0.05, 0) is 122 Å². The summed E-state index contributed by atoms with van der Waals surface area (Å²) in [4.78, 5) is 25.1. The number of amides is 1. The zero-order valence-corrected chi connectivity index (χ0v) is 45.6. The molecule has 72 heavy (non-hydrogen) atoms. The van der Waals surface area contributed by atoms with E-state index in [0.717, 1.165) is 103 Å². The van der Waals surface area contributed by atoms with Crippen LogP contribution in [-0.2, 0) is 23.8 Å². The van der Waals surface area contributed by atoms with Crippen molar-refractivity contribution >= 4 is 11.9 Å². The van der Waals surface area contributed by atoms with Gasteiger partial charge in [0.05, 0.1) is 32.0 Å². The van der Waals surface area contributed by atoms with Gasteiger partial charge in [-0.1, -0.05) is 177 Å². The first kappa shape index (κ1) is 67.1. The molecule has 0 saturated carbocycles. The van der Waals surface area contributed by atoms with E-state index in [-0.39, 0.29) is 18.5 Å². The summed E-state index contributed by atoms with van der Waals surface area (Å²) in [6, 6.07) is -0.849. The minimum Gasteiger partial charge on any atom is -0.466 e. The number of esters is 1. The van der Waals surface area contributed by atoms with E-state index < -0.39 is 49.5 Å². The van der Waals surface area contributed by atoms with Gasteiger partial charge < -0.3 is 45.1 Å². The van der Waals surface area contributed by atoms with Crippen LogP contribution in [0.5, 0.6) is 0 Å². The van der Waals surface area contributed by atoms with E-state index in [9.17, 15) is 35.1 Å². The van der Waals surface area contributed by atoms with Crippen LogP contribution in [-0.4, -0.2) is 100 Å². The van der Waals surface area contributed by atoms with Crippen LogP contribution in [0.1, 0.15) is 239 Å². The fourth-order valence-electron chi connectivity index (χ4n) is 8.55. The van der Waals surface area contributed by atoms with Crippen LogP contribution in [0.3, 0.4) is 0 Å². The fourth-order valence-corrected chi connectivity index (χ4v) is 8.55. The third-order valence-electron chi connectivity index (χ3n) is 13.2. The molecule has 0 aromatic carbocycles. The molecule has 1 saturated heterocycles. The maximum atomic E-state index is 13.0. The molecule has 0 aliphatic carbocycles. The second kappa shape index (κ2) is 50.3. The van der Waals surface area contributed by atoms with Crippen molar-refractivity contribution < 1.29 is 49.3 Å². The molecule has 1 aliphatic heterocycles. The zero-order chi connectivity index (χ0) is 52.4. The number of carbonyl (C=O) groups excluding carboxylic acids is 2. The predicted molar refractivity (Wildman–Crippen MR) is 296 cm³/mol. The summed E-state index contributed by atoms with van der Waals surface area (Å²) in [5.41, 5.74) is 0. The quantitative estimate of drug-likeness (QED) is 0.0195. The molecule has 1 heterocycles. The van der Waals surface area contributed by atoms with Gasteiger partial charge in [-0.3, -0.25) is 9.59 Å². The van der Waals surface area contributed by atoms with Gasteiger partial charge in [0.25, 0.3) is 0 Å². The number of carbonyl (C=O) groups is 2. The molecular weight excluding hydrogens is 907 g/mol. The number of rotatable bonds is 49. The molecule has 7 atom stereocenters. The predicted octanol–water partition coefficient (Wildman–Crippen LogP) is 13.2. The molecule has 11 nitrogen and oxygen atoms in total. The average molecular weight is 1010 g/mol. The topological polar surface area (TPSA) is 175 Å². The molecular formula is C61H107NO10. The first-order valence-corrected chi connectivity index (χ1v) is 29.2. The summed E-state index contributed by atoms with van der Waals surface area (Å²) in [7, 11) is 0. The van der Waals surface area contributed by atoms with E-state index in [4.69, 9.17) is 14.2 Å². The van der Waals surface area contributed by atoms with E-state index >= 15 is 0 Å². The first-order chi connectivity index (χ1) is 35.2. The van der Waals surface area contributed by atoms with Crippen LogP contribution >= 0.6 is 0 Å². The van der Waals surface area contributed by atoms with Crippen molar-refractivity contribution in [1.82, 2.24) is 5.32 Å². The molecule has 0 spiro atoms. The lowest BCUT2D eigenvalue weighted by Gasteiger charge is -2.40. The molecule has 1 fully saturated rings. The summed E-state index contributed by atoms with van der Waals surface area (Å²) in [5.74, 6) is -0.259. The third kappa shape index (κ3) is 39.5. The Hall–Kier alpha value is -2.90. The van der Waals surface area contributed by atoms with Crippen molar-refractivity contribution in [1.29, 1.82) is 0 Å². The number of hydrogen-bond donors (Lipinski definition) is 6. The van der Waals surface area contributed by atoms with Crippen molar-refractivity contribution in [2.75, 3.05) is 19.8 Å². The van der Waals surface area contributed by atoms with Gasteiger partial charge in [-0.15, -0.1) is 0 Å². The monoisotopic (exact) mass is 1010 g/mol. The van der Waals surface area contributed by atoms with Crippen molar-refractivity contribution in [3.8, 4) is 0 Å². The summed E-state index contributed by atoms with van der Waals surface area (Å²) >= 11 is 0. The zero-order valence-electron chi connectivity index (χ0n) is 45.6. The van der Waals surface area contributed by atoms with Gasteiger partial charge in [0.2, 0.25) is 5.91 Å². The summed E-state index contributed by atoms with van der Waals surface area (Å²) in [6.45, 7) is 4.21. The minimum absolute atomic E-state index is 0.0447. The lowest BCUT2D eigenvalue weighted by atomic mass is 9.99. The lowest BCUT2D eigenvalue weighted by Crippen LogP contribution is -2.60. The van der Waals surface area contributed by atoms with Crippen LogP contribution in [0.2, 0.25) is 0 Å². The van der Waals surface area contributed by atoms with Crippen LogP contribution in [0.25, 0.3) is 0 Å². The maximum absolute atomic E-state index is 13.0. The van der Waals surface area contributed by atoms with Crippen molar-refractivity contribution in [3.63, 3.8) is 0 Å². The van der Waals surface area contributed by atoms with Crippen molar-refractivity contribution in [2.24, 2.45) is 0 Å².